The number of hydrogen-bond donors (Lipinski definition) is 3. The van der Waals surface area contributed by atoms with Gasteiger partial charge in [0.1, 0.15) is 6.04 Å². The number of nitrogens with one attached hydrogen (secondary N) is 1. The van der Waals surface area contributed by atoms with Gasteiger partial charge in [0, 0.05) is 6.42 Å². The lowest BCUT2D eigenvalue weighted by molar-refractivity contribution is -0.143. The van der Waals surface area contributed by atoms with Crippen molar-refractivity contribution in [2.75, 3.05) is 0 Å². The molecular weight excluding hydrogens is 383 g/mol. The monoisotopic (exact) mass is 395 g/mol. The first kappa shape index (κ1) is 19.2. The zero-order chi connectivity index (χ0) is 17.8. The van der Waals surface area contributed by atoms with Gasteiger partial charge in [-0.15, -0.1) is 0 Å². The minimum absolute atomic E-state index is 0.0858. The number of alkyl halides is 3. The highest BCUT2D eigenvalue weighted by molar-refractivity contribution is 9.11. The van der Waals surface area contributed by atoms with Crippen molar-refractivity contribution < 1.29 is 33.0 Å². The molecule has 0 aliphatic carbocycles. The summed E-state index contributed by atoms with van der Waals surface area (Å²) in [5, 5.41) is 20.9. The predicted molar refractivity (Wildman–Crippen MR) is 78.7 cm³/mol. The molecule has 126 valence electrons. The molecule has 0 saturated carbocycles. The SMILES string of the molecule is C=C(Br)C[C@@H](NC(=O)[C@H](O)c1ccc(C(F)(F)F)cc1)C(=O)O. The molecule has 1 rings (SSSR count). The van der Waals surface area contributed by atoms with E-state index >= 15 is 0 Å². The fraction of sp³-hybridized carbons (Fsp3) is 0.286. The van der Waals surface area contributed by atoms with Crippen molar-refractivity contribution in [3.05, 3.63) is 46.5 Å². The molecule has 3 N–H and O–H groups in total. The summed E-state index contributed by atoms with van der Waals surface area (Å²) in [6, 6.07) is 2.03. The fourth-order valence-corrected chi connectivity index (χ4v) is 2.00. The van der Waals surface area contributed by atoms with Crippen LogP contribution in [0.5, 0.6) is 0 Å². The molecule has 0 radical (unpaired) electrons. The zero-order valence-corrected chi connectivity index (χ0v) is 13.2. The van der Waals surface area contributed by atoms with E-state index in [-0.39, 0.29) is 12.0 Å². The fourth-order valence-electron chi connectivity index (χ4n) is 1.68. The molecule has 1 aromatic rings. The molecule has 23 heavy (non-hydrogen) atoms. The summed E-state index contributed by atoms with van der Waals surface area (Å²) in [4.78, 5) is 22.8. The highest BCUT2D eigenvalue weighted by atomic mass is 79.9. The lowest BCUT2D eigenvalue weighted by atomic mass is 10.1. The van der Waals surface area contributed by atoms with Crippen molar-refractivity contribution in [1.29, 1.82) is 0 Å². The Morgan fingerprint density at radius 3 is 2.17 bits per heavy atom. The minimum Gasteiger partial charge on any atom is -0.480 e. The number of rotatable bonds is 6. The van der Waals surface area contributed by atoms with Crippen LogP contribution in [0.2, 0.25) is 0 Å². The highest BCUT2D eigenvalue weighted by Gasteiger charge is 2.31. The minimum atomic E-state index is -4.53. The van der Waals surface area contributed by atoms with Gasteiger partial charge in [0.25, 0.3) is 5.91 Å². The Morgan fingerprint density at radius 2 is 1.78 bits per heavy atom. The van der Waals surface area contributed by atoms with Crippen molar-refractivity contribution in [3.63, 3.8) is 0 Å². The summed E-state index contributed by atoms with van der Waals surface area (Å²) in [6.07, 6.45) is -6.43. The van der Waals surface area contributed by atoms with Gasteiger partial charge in [0.05, 0.1) is 5.56 Å². The Morgan fingerprint density at radius 1 is 1.26 bits per heavy atom. The van der Waals surface area contributed by atoms with Crippen molar-refractivity contribution in [3.8, 4) is 0 Å². The van der Waals surface area contributed by atoms with Crippen LogP contribution in [0.3, 0.4) is 0 Å². The molecule has 2 atom stereocenters. The second-order valence-corrected chi connectivity index (χ2v) is 5.76. The Kier molecular flexibility index (Phi) is 6.34. The van der Waals surface area contributed by atoms with Gasteiger partial charge in [-0.2, -0.15) is 13.2 Å². The normalized spacial score (nSPS) is 14.0. The third-order valence-corrected chi connectivity index (χ3v) is 3.17. The summed E-state index contributed by atoms with van der Waals surface area (Å²) >= 11 is 2.96. The van der Waals surface area contributed by atoms with E-state index in [0.29, 0.717) is 4.48 Å². The van der Waals surface area contributed by atoms with Crippen molar-refractivity contribution in [2.24, 2.45) is 0 Å². The van der Waals surface area contributed by atoms with Crippen molar-refractivity contribution >= 4 is 27.8 Å². The number of carboxylic acids is 1. The number of amides is 1. The Labute approximate surface area is 137 Å². The number of benzene rings is 1. The summed E-state index contributed by atoms with van der Waals surface area (Å²) in [5.41, 5.74) is -1.01. The summed E-state index contributed by atoms with van der Waals surface area (Å²) < 4.78 is 37.7. The molecule has 0 aliphatic rings. The second-order valence-electron chi connectivity index (χ2n) is 4.64. The summed E-state index contributed by atoms with van der Waals surface area (Å²) in [5.74, 6) is -2.37. The van der Waals surface area contributed by atoms with E-state index in [4.69, 9.17) is 5.11 Å². The molecule has 0 spiro atoms. The quantitative estimate of drug-likeness (QED) is 0.690. The Hall–Kier alpha value is -1.87. The molecule has 0 fully saturated rings. The van der Waals surface area contributed by atoms with Crippen LogP contribution in [0, 0.1) is 0 Å². The van der Waals surface area contributed by atoms with Crippen LogP contribution < -0.4 is 5.32 Å². The van der Waals surface area contributed by atoms with Crippen LogP contribution in [-0.4, -0.2) is 28.1 Å². The number of carbonyl (C=O) groups is 2. The first-order valence-corrected chi connectivity index (χ1v) is 7.03. The van der Waals surface area contributed by atoms with E-state index in [0.717, 1.165) is 24.3 Å². The maximum Gasteiger partial charge on any atom is 0.416 e. The number of carboxylic acid groups (broad SMARTS) is 1. The van der Waals surface area contributed by atoms with E-state index in [1.807, 2.05) is 0 Å². The van der Waals surface area contributed by atoms with Crippen LogP contribution in [-0.2, 0) is 15.8 Å². The standard InChI is InChI=1S/C14H13BrF3NO4/c1-7(15)6-10(13(22)23)19-12(21)11(20)8-2-4-9(5-3-8)14(16,17)18/h2-5,10-11,20H,1,6H2,(H,19,21)(H,22,23)/t10-,11-/m1/s1. The Balaban J connectivity index is 2.83. The molecule has 0 heterocycles. The van der Waals surface area contributed by atoms with Gasteiger partial charge in [0.2, 0.25) is 0 Å². The van der Waals surface area contributed by atoms with Gasteiger partial charge in [-0.3, -0.25) is 4.79 Å². The first-order valence-electron chi connectivity index (χ1n) is 6.24. The number of halogens is 4. The number of hydrogen-bond acceptors (Lipinski definition) is 3. The van der Waals surface area contributed by atoms with Crippen LogP contribution in [0.15, 0.2) is 35.3 Å². The third kappa shape index (κ3) is 5.68. The number of carbonyl (C=O) groups excluding carboxylic acids is 1. The van der Waals surface area contributed by atoms with Crippen LogP contribution >= 0.6 is 15.9 Å². The van der Waals surface area contributed by atoms with E-state index in [1.54, 1.807) is 0 Å². The smallest absolute Gasteiger partial charge is 0.416 e. The van der Waals surface area contributed by atoms with Gasteiger partial charge in [-0.05, 0) is 22.2 Å². The molecule has 0 bridgehead atoms. The molecule has 0 aromatic heterocycles. The Bertz CT molecular complexity index is 601. The van der Waals surface area contributed by atoms with Crippen LogP contribution in [0.25, 0.3) is 0 Å². The van der Waals surface area contributed by atoms with Gasteiger partial charge in [-0.25, -0.2) is 4.79 Å². The molecular formula is C14H13BrF3NO4. The summed E-state index contributed by atoms with van der Waals surface area (Å²) in [7, 11) is 0. The average Bonchev–Trinajstić information content (AvgIpc) is 2.44. The topological polar surface area (TPSA) is 86.6 Å². The molecule has 1 amide bonds. The summed E-state index contributed by atoms with van der Waals surface area (Å²) in [6.45, 7) is 3.45. The molecule has 0 unspecified atom stereocenters. The number of aliphatic carboxylic acids is 1. The maximum absolute atomic E-state index is 12.4. The highest BCUT2D eigenvalue weighted by Crippen LogP contribution is 2.30. The van der Waals surface area contributed by atoms with E-state index in [9.17, 15) is 27.9 Å². The lowest BCUT2D eigenvalue weighted by Gasteiger charge is -2.17. The van der Waals surface area contributed by atoms with Crippen LogP contribution in [0.1, 0.15) is 23.7 Å². The van der Waals surface area contributed by atoms with Crippen molar-refractivity contribution in [1.82, 2.24) is 5.32 Å². The van der Waals surface area contributed by atoms with E-state index < -0.39 is 35.8 Å². The van der Waals surface area contributed by atoms with Gasteiger partial charge in [-0.1, -0.05) is 34.6 Å². The van der Waals surface area contributed by atoms with E-state index in [1.165, 1.54) is 0 Å². The lowest BCUT2D eigenvalue weighted by Crippen LogP contribution is -2.43. The average molecular weight is 396 g/mol. The third-order valence-electron chi connectivity index (χ3n) is 2.84. The second kappa shape index (κ2) is 7.60. The van der Waals surface area contributed by atoms with Crippen molar-refractivity contribution in [2.45, 2.75) is 24.7 Å². The van der Waals surface area contributed by atoms with Gasteiger partial charge in [0.15, 0.2) is 6.10 Å². The predicted octanol–water partition coefficient (Wildman–Crippen LogP) is 2.61. The maximum atomic E-state index is 12.4. The van der Waals surface area contributed by atoms with Gasteiger partial charge >= 0.3 is 12.1 Å². The van der Waals surface area contributed by atoms with Gasteiger partial charge < -0.3 is 15.5 Å². The molecule has 0 aliphatic heterocycles. The van der Waals surface area contributed by atoms with Crippen LogP contribution in [0.4, 0.5) is 13.2 Å². The number of aliphatic hydroxyl groups is 1. The first-order chi connectivity index (χ1) is 10.5. The molecule has 5 nitrogen and oxygen atoms in total. The molecule has 1 aromatic carbocycles. The molecule has 9 heteroatoms. The van der Waals surface area contributed by atoms with E-state index in [2.05, 4.69) is 27.8 Å². The largest absolute Gasteiger partial charge is 0.480 e. The molecule has 0 saturated heterocycles. The zero-order valence-electron chi connectivity index (χ0n) is 11.6. The number of aliphatic hydroxyl groups excluding tert-OH is 1.